The van der Waals surface area contributed by atoms with Crippen LogP contribution in [0.1, 0.15) is 79.6 Å². The lowest BCUT2D eigenvalue weighted by molar-refractivity contribution is -0.384. The number of nitro benzene ring substituents is 1. The van der Waals surface area contributed by atoms with Crippen LogP contribution in [-0.2, 0) is 32.2 Å². The minimum Gasteiger partial charge on any atom is -0.481 e. The molecule has 2 fully saturated rings. The number of hydrogen-bond donors (Lipinski definition) is 3. The van der Waals surface area contributed by atoms with Gasteiger partial charge in [-0.2, -0.15) is 0 Å². The number of carbonyl (C=O) groups is 2. The van der Waals surface area contributed by atoms with Crippen LogP contribution in [0.15, 0.2) is 97.1 Å². The Bertz CT molecular complexity index is 1860. The highest BCUT2D eigenvalue weighted by molar-refractivity contribution is 5.76. The Morgan fingerprint density at radius 1 is 0.800 bits per heavy atom. The van der Waals surface area contributed by atoms with Gasteiger partial charge in [-0.1, -0.05) is 85.6 Å². The number of ether oxygens (including phenoxy) is 2. The van der Waals surface area contributed by atoms with Crippen molar-refractivity contribution in [2.75, 3.05) is 37.6 Å². The number of anilines is 1. The lowest BCUT2D eigenvalue weighted by Gasteiger charge is -2.41. The zero-order valence-corrected chi connectivity index (χ0v) is 31.1. The first-order chi connectivity index (χ1) is 26.7. The second-order valence-electron chi connectivity index (χ2n) is 14.3. The summed E-state index contributed by atoms with van der Waals surface area (Å²) >= 11 is 0. The number of piperazine rings is 1. The molecule has 3 N–H and O–H groups in total. The van der Waals surface area contributed by atoms with Crippen molar-refractivity contribution in [1.82, 2.24) is 10.2 Å². The third-order valence-electron chi connectivity index (χ3n) is 10.4. The summed E-state index contributed by atoms with van der Waals surface area (Å²) in [7, 11) is 0. The summed E-state index contributed by atoms with van der Waals surface area (Å²) in [5, 5.41) is 32.5. The second-order valence-corrected chi connectivity index (χ2v) is 14.3. The van der Waals surface area contributed by atoms with Crippen molar-refractivity contribution in [3.8, 4) is 11.1 Å². The molecule has 6 rings (SSSR count). The Kier molecular flexibility index (Phi) is 14.0. The molecule has 12 heteroatoms. The minimum absolute atomic E-state index is 0.0172. The molecule has 1 amide bonds. The van der Waals surface area contributed by atoms with E-state index in [0.29, 0.717) is 25.8 Å². The third-order valence-corrected chi connectivity index (χ3v) is 10.4. The van der Waals surface area contributed by atoms with E-state index in [1.165, 1.54) is 0 Å². The molecule has 2 aliphatic heterocycles. The molecule has 4 aromatic rings. The van der Waals surface area contributed by atoms with Gasteiger partial charge in [0, 0.05) is 81.9 Å². The smallest absolute Gasteiger partial charge is 0.303 e. The molecule has 0 spiro atoms. The lowest BCUT2D eigenvalue weighted by atomic mass is 9.97. The summed E-state index contributed by atoms with van der Waals surface area (Å²) < 4.78 is 13.3. The number of aliphatic hydroxyl groups is 1. The number of aliphatic hydroxyl groups excluding tert-OH is 1. The molecule has 12 nitrogen and oxygen atoms in total. The van der Waals surface area contributed by atoms with E-state index < -0.39 is 12.3 Å². The summed E-state index contributed by atoms with van der Waals surface area (Å²) in [6.07, 6.45) is 3.38. The van der Waals surface area contributed by atoms with Gasteiger partial charge in [-0.15, -0.1) is 0 Å². The number of rotatable bonds is 17. The van der Waals surface area contributed by atoms with Gasteiger partial charge in [0.15, 0.2) is 6.29 Å². The first-order valence-corrected chi connectivity index (χ1v) is 19.1. The first-order valence-electron chi connectivity index (χ1n) is 19.1. The van der Waals surface area contributed by atoms with E-state index in [4.69, 9.17) is 14.6 Å². The summed E-state index contributed by atoms with van der Waals surface area (Å²) in [4.78, 5) is 38.6. The van der Waals surface area contributed by atoms with Crippen LogP contribution in [0.4, 0.5) is 11.4 Å². The molecule has 2 saturated heterocycles. The zero-order valence-electron chi connectivity index (χ0n) is 31.1. The van der Waals surface area contributed by atoms with E-state index in [1.54, 1.807) is 12.1 Å². The number of nitro groups is 1. The van der Waals surface area contributed by atoms with Crippen LogP contribution < -0.4 is 10.2 Å². The van der Waals surface area contributed by atoms with Crippen LogP contribution in [0.3, 0.4) is 0 Å². The summed E-state index contributed by atoms with van der Waals surface area (Å²) in [6.45, 7) is 4.40. The van der Waals surface area contributed by atoms with Crippen LogP contribution in [-0.4, -0.2) is 70.7 Å². The monoisotopic (exact) mass is 750 g/mol. The van der Waals surface area contributed by atoms with Gasteiger partial charge in [0.2, 0.25) is 5.91 Å². The van der Waals surface area contributed by atoms with Crippen LogP contribution in [0.2, 0.25) is 0 Å². The summed E-state index contributed by atoms with van der Waals surface area (Å²) in [5.41, 5.74) is 6.90. The molecule has 0 bridgehead atoms. The summed E-state index contributed by atoms with van der Waals surface area (Å²) in [5.74, 6) is -0.802. The number of hydrogen-bond acceptors (Lipinski definition) is 9. The lowest BCUT2D eigenvalue weighted by Crippen LogP contribution is -2.49. The van der Waals surface area contributed by atoms with Gasteiger partial charge in [-0.25, -0.2) is 0 Å². The summed E-state index contributed by atoms with van der Waals surface area (Å²) in [6, 6.07) is 30.8. The van der Waals surface area contributed by atoms with Crippen molar-refractivity contribution >= 4 is 23.3 Å². The third kappa shape index (κ3) is 11.2. The molecule has 55 heavy (non-hydrogen) atoms. The Labute approximate surface area is 321 Å². The van der Waals surface area contributed by atoms with E-state index in [2.05, 4.69) is 33.3 Å². The topological polar surface area (TPSA) is 155 Å². The average Bonchev–Trinajstić information content (AvgIpc) is 3.21. The van der Waals surface area contributed by atoms with E-state index in [1.807, 2.05) is 66.7 Å². The molecular formula is C43H50N4O8. The highest BCUT2D eigenvalue weighted by Gasteiger charge is 2.34. The van der Waals surface area contributed by atoms with Crippen LogP contribution in [0, 0.1) is 10.1 Å². The molecule has 2 aliphatic rings. The predicted molar refractivity (Wildman–Crippen MR) is 209 cm³/mol. The standard InChI is InChI=1S/C43H50N4O8/c48-30-31-11-13-33(14-12-31)40-27-38(29-45-23-25-46(26-24-45)36-19-21-37(22-20-36)47(52)53)54-43(55-40)34-17-15-32(16-18-34)39-8-6-5-7-35(39)28-44-41(49)9-3-1-2-4-10-42(50)51/h5-8,11-22,38,40,43,48H,1-4,9-10,23-30H2,(H,44,49)(H,50,51)/t38-,40+,43+/m1/s1. The maximum atomic E-state index is 12.6. The number of unbranched alkanes of at least 4 members (excludes halogenated alkanes) is 3. The number of carboxylic acids is 1. The molecule has 4 aromatic carbocycles. The van der Waals surface area contributed by atoms with Crippen LogP contribution in [0.5, 0.6) is 0 Å². The van der Waals surface area contributed by atoms with E-state index in [0.717, 1.165) is 91.1 Å². The zero-order chi connectivity index (χ0) is 38.6. The van der Waals surface area contributed by atoms with Gasteiger partial charge >= 0.3 is 5.97 Å². The Morgan fingerprint density at radius 2 is 1.47 bits per heavy atom. The molecule has 2 heterocycles. The quantitative estimate of drug-likeness (QED) is 0.0575. The predicted octanol–water partition coefficient (Wildman–Crippen LogP) is 7.16. The number of aliphatic carboxylic acids is 1. The molecule has 0 radical (unpaired) electrons. The fraction of sp³-hybridized carbons (Fsp3) is 0.395. The van der Waals surface area contributed by atoms with E-state index >= 15 is 0 Å². The molecule has 3 atom stereocenters. The van der Waals surface area contributed by atoms with Crippen molar-refractivity contribution in [2.45, 2.75) is 76.6 Å². The number of nitrogens with one attached hydrogen (secondary N) is 1. The van der Waals surface area contributed by atoms with Gasteiger partial charge in [0.25, 0.3) is 5.69 Å². The van der Waals surface area contributed by atoms with Gasteiger partial charge in [0.05, 0.1) is 23.7 Å². The number of nitrogens with zero attached hydrogens (tertiary/aromatic N) is 3. The second kappa shape index (κ2) is 19.4. The number of carboxylic acid groups (broad SMARTS) is 1. The van der Waals surface area contributed by atoms with E-state index in [-0.39, 0.29) is 41.8 Å². The SMILES string of the molecule is O=C(O)CCCCCCC(=O)NCc1ccccc1-c1ccc([C@H]2O[C@@H](CN3CCN(c4ccc([N+](=O)[O-])cc4)CC3)C[C@@H](c3ccc(CO)cc3)O2)cc1. The highest BCUT2D eigenvalue weighted by Crippen LogP contribution is 2.39. The van der Waals surface area contributed by atoms with Crippen LogP contribution in [0.25, 0.3) is 11.1 Å². The normalized spacial score (nSPS) is 18.9. The molecule has 290 valence electrons. The van der Waals surface area contributed by atoms with Crippen molar-refractivity contribution < 1.29 is 34.2 Å². The highest BCUT2D eigenvalue weighted by atomic mass is 16.7. The fourth-order valence-electron chi connectivity index (χ4n) is 7.27. The number of benzene rings is 4. The van der Waals surface area contributed by atoms with Gasteiger partial charge < -0.3 is 29.9 Å². The van der Waals surface area contributed by atoms with Crippen LogP contribution >= 0.6 is 0 Å². The molecular weight excluding hydrogens is 700 g/mol. The fourth-order valence-corrected chi connectivity index (χ4v) is 7.27. The number of carbonyl (C=O) groups excluding carboxylic acids is 1. The minimum atomic E-state index is -0.785. The van der Waals surface area contributed by atoms with Gasteiger partial charge in [-0.3, -0.25) is 24.6 Å². The molecule has 0 unspecified atom stereocenters. The number of non-ortho nitro benzene ring substituents is 1. The largest absolute Gasteiger partial charge is 0.481 e. The van der Waals surface area contributed by atoms with Gasteiger partial charge in [-0.05, 0) is 52.8 Å². The number of amides is 1. The van der Waals surface area contributed by atoms with Crippen molar-refractivity contribution in [1.29, 1.82) is 0 Å². The molecule has 0 aromatic heterocycles. The Hall–Kier alpha value is -5.14. The van der Waals surface area contributed by atoms with E-state index in [9.17, 15) is 24.8 Å². The molecule has 0 saturated carbocycles. The Morgan fingerprint density at radius 3 is 2.15 bits per heavy atom. The maximum Gasteiger partial charge on any atom is 0.303 e. The van der Waals surface area contributed by atoms with Crippen molar-refractivity contribution in [3.63, 3.8) is 0 Å². The maximum absolute atomic E-state index is 12.6. The Balaban J connectivity index is 1.08. The average molecular weight is 751 g/mol. The molecule has 0 aliphatic carbocycles. The van der Waals surface area contributed by atoms with Crippen molar-refractivity contribution in [3.05, 3.63) is 129 Å². The van der Waals surface area contributed by atoms with Crippen molar-refractivity contribution in [2.24, 2.45) is 0 Å². The van der Waals surface area contributed by atoms with Gasteiger partial charge in [0.1, 0.15) is 0 Å². The first kappa shape index (κ1) is 39.6.